The second-order valence-corrected chi connectivity index (χ2v) is 6.57. The van der Waals surface area contributed by atoms with Crippen LogP contribution in [0, 0.1) is 5.92 Å². The highest BCUT2D eigenvalue weighted by molar-refractivity contribution is 9.10. The minimum absolute atomic E-state index is 0.0911. The van der Waals surface area contributed by atoms with Gasteiger partial charge in [0.15, 0.2) is 0 Å². The van der Waals surface area contributed by atoms with Crippen LogP contribution in [0.1, 0.15) is 18.4 Å². The standard InChI is InChI=1S/C15H16BrNO4/c16-10-3-1-9(2-4-10)15(5-6-15)14(20)17-12-8-21-7-11(12)13(18)19/h1-4,11-12H,5-8H2,(H,17,20)(H,18,19). The van der Waals surface area contributed by atoms with Gasteiger partial charge in [-0.2, -0.15) is 0 Å². The third-order valence-electron chi connectivity index (χ3n) is 4.30. The highest BCUT2D eigenvalue weighted by Gasteiger charge is 2.52. The van der Waals surface area contributed by atoms with Crippen LogP contribution in [0.4, 0.5) is 0 Å². The number of carbonyl (C=O) groups is 2. The molecule has 1 heterocycles. The van der Waals surface area contributed by atoms with Crippen molar-refractivity contribution in [3.05, 3.63) is 34.3 Å². The van der Waals surface area contributed by atoms with E-state index >= 15 is 0 Å². The number of ether oxygens (including phenoxy) is 1. The predicted molar refractivity (Wildman–Crippen MR) is 78.9 cm³/mol. The summed E-state index contributed by atoms with van der Waals surface area (Å²) in [5, 5.41) is 12.0. The number of rotatable bonds is 4. The van der Waals surface area contributed by atoms with Gasteiger partial charge in [0.05, 0.1) is 24.7 Å². The SMILES string of the molecule is O=C(O)C1COCC1NC(=O)C1(c2ccc(Br)cc2)CC1. The van der Waals surface area contributed by atoms with E-state index in [9.17, 15) is 9.59 Å². The van der Waals surface area contributed by atoms with Crippen molar-refractivity contribution in [3.63, 3.8) is 0 Å². The first-order chi connectivity index (χ1) is 10.0. The lowest BCUT2D eigenvalue weighted by Gasteiger charge is -2.21. The first kappa shape index (κ1) is 14.5. The molecule has 21 heavy (non-hydrogen) atoms. The van der Waals surface area contributed by atoms with E-state index in [0.717, 1.165) is 22.9 Å². The zero-order chi connectivity index (χ0) is 15.0. The number of carbonyl (C=O) groups excluding carboxylic acids is 1. The molecule has 2 fully saturated rings. The van der Waals surface area contributed by atoms with Gasteiger partial charge in [-0.15, -0.1) is 0 Å². The number of hydrogen-bond donors (Lipinski definition) is 2. The zero-order valence-corrected chi connectivity index (χ0v) is 12.9. The smallest absolute Gasteiger partial charge is 0.311 e. The molecule has 5 nitrogen and oxygen atoms in total. The van der Waals surface area contributed by atoms with Crippen molar-refractivity contribution in [2.45, 2.75) is 24.3 Å². The van der Waals surface area contributed by atoms with E-state index in [2.05, 4.69) is 21.2 Å². The van der Waals surface area contributed by atoms with E-state index in [4.69, 9.17) is 9.84 Å². The van der Waals surface area contributed by atoms with Crippen molar-refractivity contribution in [3.8, 4) is 0 Å². The van der Waals surface area contributed by atoms with Crippen molar-refractivity contribution in [1.29, 1.82) is 0 Å². The van der Waals surface area contributed by atoms with Gasteiger partial charge in [0.1, 0.15) is 5.92 Å². The fourth-order valence-corrected chi connectivity index (χ4v) is 3.05. The van der Waals surface area contributed by atoms with Crippen molar-refractivity contribution in [2.24, 2.45) is 5.92 Å². The molecular weight excluding hydrogens is 338 g/mol. The predicted octanol–water partition coefficient (Wildman–Crippen LogP) is 1.70. The van der Waals surface area contributed by atoms with Gasteiger partial charge in [-0.05, 0) is 30.5 Å². The monoisotopic (exact) mass is 353 g/mol. The minimum atomic E-state index is -0.925. The molecule has 2 aliphatic rings. The summed E-state index contributed by atoms with van der Waals surface area (Å²) >= 11 is 3.38. The summed E-state index contributed by atoms with van der Waals surface area (Å²) in [6.07, 6.45) is 1.59. The Balaban J connectivity index is 1.73. The lowest BCUT2D eigenvalue weighted by molar-refractivity contribution is -0.142. The van der Waals surface area contributed by atoms with E-state index in [0.29, 0.717) is 0 Å². The first-order valence-electron chi connectivity index (χ1n) is 6.90. The van der Waals surface area contributed by atoms with E-state index in [1.165, 1.54) is 0 Å². The van der Waals surface area contributed by atoms with Gasteiger partial charge in [-0.25, -0.2) is 0 Å². The molecule has 0 spiro atoms. The molecule has 1 aliphatic heterocycles. The van der Waals surface area contributed by atoms with E-state index in [1.807, 2.05) is 24.3 Å². The van der Waals surface area contributed by atoms with Crippen LogP contribution in [0.5, 0.6) is 0 Å². The largest absolute Gasteiger partial charge is 0.481 e. The number of carboxylic acids is 1. The summed E-state index contributed by atoms with van der Waals surface area (Å²) in [6, 6.07) is 7.28. The topological polar surface area (TPSA) is 75.6 Å². The zero-order valence-electron chi connectivity index (χ0n) is 11.3. The van der Waals surface area contributed by atoms with Gasteiger partial charge in [-0.1, -0.05) is 28.1 Å². The highest BCUT2D eigenvalue weighted by Crippen LogP contribution is 2.48. The van der Waals surface area contributed by atoms with Gasteiger partial charge < -0.3 is 15.2 Å². The Morgan fingerprint density at radius 1 is 1.24 bits per heavy atom. The van der Waals surface area contributed by atoms with Crippen molar-refractivity contribution in [1.82, 2.24) is 5.32 Å². The first-order valence-corrected chi connectivity index (χ1v) is 7.70. The average Bonchev–Trinajstić information content (AvgIpc) is 3.13. The normalized spacial score (nSPS) is 26.3. The van der Waals surface area contributed by atoms with Gasteiger partial charge in [-0.3, -0.25) is 9.59 Å². The molecule has 2 unspecified atom stereocenters. The number of carboxylic acid groups (broad SMARTS) is 1. The molecule has 6 heteroatoms. The molecule has 2 atom stereocenters. The number of amides is 1. The van der Waals surface area contributed by atoms with Crippen LogP contribution in [0.25, 0.3) is 0 Å². The van der Waals surface area contributed by atoms with E-state index < -0.39 is 23.3 Å². The number of nitrogens with one attached hydrogen (secondary N) is 1. The second kappa shape index (κ2) is 5.42. The summed E-state index contributed by atoms with van der Waals surface area (Å²) in [5.74, 6) is -1.67. The fraction of sp³-hybridized carbons (Fsp3) is 0.467. The van der Waals surface area contributed by atoms with Gasteiger partial charge in [0, 0.05) is 4.47 Å². The molecule has 0 radical (unpaired) electrons. The molecule has 1 aliphatic carbocycles. The van der Waals surface area contributed by atoms with Crippen molar-refractivity contribution in [2.75, 3.05) is 13.2 Å². The molecule has 3 rings (SSSR count). The second-order valence-electron chi connectivity index (χ2n) is 5.65. The van der Waals surface area contributed by atoms with Crippen LogP contribution in [0.2, 0.25) is 0 Å². The maximum absolute atomic E-state index is 12.6. The van der Waals surface area contributed by atoms with Gasteiger partial charge in [0.2, 0.25) is 5.91 Å². The van der Waals surface area contributed by atoms with Crippen molar-refractivity contribution < 1.29 is 19.4 Å². The molecule has 1 saturated heterocycles. The third kappa shape index (κ3) is 2.70. The van der Waals surface area contributed by atoms with Crippen LogP contribution in [0.3, 0.4) is 0 Å². The van der Waals surface area contributed by atoms with Crippen LogP contribution in [0.15, 0.2) is 28.7 Å². The molecule has 112 valence electrons. The summed E-state index contributed by atoms with van der Waals surface area (Å²) < 4.78 is 6.15. The van der Waals surface area contributed by atoms with Crippen LogP contribution in [-0.2, 0) is 19.7 Å². The molecular formula is C15H16BrNO4. The van der Waals surface area contributed by atoms with E-state index in [-0.39, 0.29) is 19.1 Å². The Labute approximate surface area is 130 Å². The lowest BCUT2D eigenvalue weighted by atomic mass is 9.94. The summed E-state index contributed by atoms with van der Waals surface area (Å²) in [7, 11) is 0. The number of halogens is 1. The Morgan fingerprint density at radius 3 is 2.48 bits per heavy atom. The van der Waals surface area contributed by atoms with Gasteiger partial charge >= 0.3 is 5.97 Å². The Morgan fingerprint density at radius 2 is 1.90 bits per heavy atom. The van der Waals surface area contributed by atoms with Gasteiger partial charge in [0.25, 0.3) is 0 Å². The number of benzene rings is 1. The summed E-state index contributed by atoms with van der Waals surface area (Å²) in [6.45, 7) is 0.421. The molecule has 1 saturated carbocycles. The maximum Gasteiger partial charge on any atom is 0.311 e. The highest BCUT2D eigenvalue weighted by atomic mass is 79.9. The number of hydrogen-bond acceptors (Lipinski definition) is 3. The van der Waals surface area contributed by atoms with Crippen LogP contribution < -0.4 is 5.32 Å². The molecule has 0 aromatic heterocycles. The molecule has 2 N–H and O–H groups in total. The molecule has 1 amide bonds. The third-order valence-corrected chi connectivity index (χ3v) is 4.82. The molecule has 1 aromatic carbocycles. The average molecular weight is 354 g/mol. The molecule has 0 bridgehead atoms. The Hall–Kier alpha value is -1.40. The Bertz CT molecular complexity index is 568. The fourth-order valence-electron chi connectivity index (χ4n) is 2.79. The maximum atomic E-state index is 12.6. The summed E-state index contributed by atoms with van der Waals surface area (Å²) in [5.41, 5.74) is 0.487. The van der Waals surface area contributed by atoms with E-state index in [1.54, 1.807) is 0 Å². The lowest BCUT2D eigenvalue weighted by Crippen LogP contribution is -2.46. The molecule has 1 aromatic rings. The van der Waals surface area contributed by atoms with Crippen LogP contribution >= 0.6 is 15.9 Å². The summed E-state index contributed by atoms with van der Waals surface area (Å²) in [4.78, 5) is 23.7. The van der Waals surface area contributed by atoms with Crippen molar-refractivity contribution >= 4 is 27.8 Å². The van der Waals surface area contributed by atoms with Crippen LogP contribution in [-0.4, -0.2) is 36.2 Å². The number of aliphatic carboxylic acids is 1. The minimum Gasteiger partial charge on any atom is -0.481 e. The quantitative estimate of drug-likeness (QED) is 0.863. The Kier molecular flexibility index (Phi) is 3.75.